The number of Topliss-reactive ketones (excluding diaryl/α,β-unsaturated/α-hetero) is 1. The molecule has 2 aromatic carbocycles. The number of carbonyl (C=O) groups excluding carboxylic acids is 2. The van der Waals surface area contributed by atoms with Crippen molar-refractivity contribution in [1.82, 2.24) is 0 Å². The predicted octanol–water partition coefficient (Wildman–Crippen LogP) is 2.49. The van der Waals surface area contributed by atoms with Gasteiger partial charge < -0.3 is 9.47 Å². The van der Waals surface area contributed by atoms with Crippen molar-refractivity contribution in [3.05, 3.63) is 59.7 Å². The maximum absolute atomic E-state index is 12.4. The van der Waals surface area contributed by atoms with Gasteiger partial charge in [0.25, 0.3) is 0 Å². The summed E-state index contributed by atoms with van der Waals surface area (Å²) >= 11 is 0. The highest BCUT2D eigenvalue weighted by atomic mass is 32.2. The molecule has 0 aliphatic rings. The maximum Gasteiger partial charge on any atom is 0.342 e. The number of hydrogen-bond donors (Lipinski definition) is 1. The van der Waals surface area contributed by atoms with E-state index >= 15 is 0 Å². The van der Waals surface area contributed by atoms with E-state index in [4.69, 9.17) is 9.47 Å². The molecule has 0 saturated carbocycles. The summed E-state index contributed by atoms with van der Waals surface area (Å²) in [6.07, 6.45) is 0.0203. The molecule has 0 unspecified atom stereocenters. The molecule has 0 aliphatic carbocycles. The van der Waals surface area contributed by atoms with Crippen LogP contribution in [-0.4, -0.2) is 39.6 Å². The summed E-state index contributed by atoms with van der Waals surface area (Å²) < 4.78 is 35.0. The van der Waals surface area contributed by atoms with Crippen LogP contribution in [-0.2, 0) is 14.8 Å². The molecule has 0 radical (unpaired) electrons. The van der Waals surface area contributed by atoms with Crippen LogP contribution in [0.15, 0.2) is 48.5 Å². The lowest BCUT2D eigenvalue weighted by atomic mass is 10.1. The summed E-state index contributed by atoms with van der Waals surface area (Å²) in [6.45, 7) is 1.47. The first-order valence-corrected chi connectivity index (χ1v) is 9.56. The van der Waals surface area contributed by atoms with Crippen molar-refractivity contribution in [3.63, 3.8) is 0 Å². The molecule has 7 nitrogen and oxygen atoms in total. The van der Waals surface area contributed by atoms with Gasteiger partial charge in [0.05, 0.1) is 13.4 Å². The van der Waals surface area contributed by atoms with E-state index < -0.39 is 27.9 Å². The molecule has 0 amide bonds. The Morgan fingerprint density at radius 2 is 1.65 bits per heavy atom. The molecule has 138 valence electrons. The van der Waals surface area contributed by atoms with Gasteiger partial charge >= 0.3 is 5.97 Å². The van der Waals surface area contributed by atoms with E-state index in [0.29, 0.717) is 17.0 Å². The Kier molecular flexibility index (Phi) is 5.99. The van der Waals surface area contributed by atoms with Crippen molar-refractivity contribution in [2.45, 2.75) is 13.0 Å². The van der Waals surface area contributed by atoms with Crippen molar-refractivity contribution in [2.24, 2.45) is 0 Å². The number of para-hydroxylation sites is 1. The normalized spacial score (nSPS) is 12.1. The molecule has 1 N–H and O–H groups in total. The minimum Gasteiger partial charge on any atom is -0.496 e. The highest BCUT2D eigenvalue weighted by molar-refractivity contribution is 7.92. The van der Waals surface area contributed by atoms with Gasteiger partial charge in [-0.05, 0) is 43.3 Å². The van der Waals surface area contributed by atoms with Crippen LogP contribution in [0.4, 0.5) is 5.69 Å². The quantitative estimate of drug-likeness (QED) is 0.588. The highest BCUT2D eigenvalue weighted by Gasteiger charge is 2.22. The van der Waals surface area contributed by atoms with Crippen LogP contribution >= 0.6 is 0 Å². The minimum absolute atomic E-state index is 0.224. The zero-order valence-corrected chi connectivity index (χ0v) is 15.4. The van der Waals surface area contributed by atoms with Crippen molar-refractivity contribution in [2.75, 3.05) is 18.1 Å². The van der Waals surface area contributed by atoms with Gasteiger partial charge in [0.15, 0.2) is 6.10 Å². The summed E-state index contributed by atoms with van der Waals surface area (Å²) in [4.78, 5) is 24.7. The van der Waals surface area contributed by atoms with E-state index in [1.807, 2.05) is 0 Å². The molecule has 26 heavy (non-hydrogen) atoms. The van der Waals surface area contributed by atoms with E-state index in [0.717, 1.165) is 6.26 Å². The number of benzene rings is 2. The van der Waals surface area contributed by atoms with Crippen molar-refractivity contribution >= 4 is 27.5 Å². The van der Waals surface area contributed by atoms with Gasteiger partial charge in [0.1, 0.15) is 11.3 Å². The van der Waals surface area contributed by atoms with Gasteiger partial charge in [-0.15, -0.1) is 0 Å². The maximum atomic E-state index is 12.4. The number of sulfonamides is 1. The fourth-order valence-electron chi connectivity index (χ4n) is 2.24. The summed E-state index contributed by atoms with van der Waals surface area (Å²) in [5.74, 6) is -0.717. The highest BCUT2D eigenvalue weighted by Crippen LogP contribution is 2.20. The van der Waals surface area contributed by atoms with Gasteiger partial charge in [-0.2, -0.15) is 0 Å². The average molecular weight is 377 g/mol. The lowest BCUT2D eigenvalue weighted by Crippen LogP contribution is -2.24. The van der Waals surface area contributed by atoms with E-state index in [1.165, 1.54) is 38.3 Å². The third-order valence-electron chi connectivity index (χ3n) is 3.45. The second kappa shape index (κ2) is 8.01. The van der Waals surface area contributed by atoms with E-state index in [9.17, 15) is 18.0 Å². The lowest BCUT2D eigenvalue weighted by Gasteiger charge is -2.14. The number of methoxy groups -OCH3 is 1. The van der Waals surface area contributed by atoms with Gasteiger partial charge in [0, 0.05) is 11.3 Å². The Morgan fingerprint density at radius 3 is 2.23 bits per heavy atom. The van der Waals surface area contributed by atoms with Crippen LogP contribution in [0.2, 0.25) is 0 Å². The van der Waals surface area contributed by atoms with E-state index in [-0.39, 0.29) is 5.56 Å². The van der Waals surface area contributed by atoms with E-state index in [1.54, 1.807) is 24.3 Å². The molecule has 2 aromatic rings. The summed E-state index contributed by atoms with van der Waals surface area (Å²) in [5, 5.41) is 0. The molecule has 0 aromatic heterocycles. The summed E-state index contributed by atoms with van der Waals surface area (Å²) in [6, 6.07) is 12.4. The molecular weight excluding hydrogens is 358 g/mol. The van der Waals surface area contributed by atoms with Gasteiger partial charge in [-0.25, -0.2) is 13.2 Å². The average Bonchev–Trinajstić information content (AvgIpc) is 2.60. The molecule has 0 aliphatic heterocycles. The molecule has 0 fully saturated rings. The monoisotopic (exact) mass is 377 g/mol. The molecule has 0 saturated heterocycles. The minimum atomic E-state index is -3.40. The molecule has 0 heterocycles. The standard InChI is InChI=1S/C18H19NO6S/c1-12(25-18(21)15-6-4-5-7-16(15)24-2)17(20)13-8-10-14(11-9-13)19-26(3,22)23/h4-12,19H,1-3H3/t12-/m0/s1. The molecular formula is C18H19NO6S. The van der Waals surface area contributed by atoms with Crippen LogP contribution < -0.4 is 9.46 Å². The zero-order valence-electron chi connectivity index (χ0n) is 14.6. The van der Waals surface area contributed by atoms with Gasteiger partial charge in [0.2, 0.25) is 15.8 Å². The number of ketones is 1. The van der Waals surface area contributed by atoms with Crippen molar-refractivity contribution < 1.29 is 27.5 Å². The molecule has 2 rings (SSSR count). The first kappa shape index (κ1) is 19.5. The van der Waals surface area contributed by atoms with Crippen LogP contribution in [0.5, 0.6) is 5.75 Å². The number of rotatable bonds is 7. The third kappa shape index (κ3) is 5.06. The first-order valence-electron chi connectivity index (χ1n) is 7.67. The number of esters is 1. The molecule has 8 heteroatoms. The van der Waals surface area contributed by atoms with Crippen molar-refractivity contribution in [1.29, 1.82) is 0 Å². The van der Waals surface area contributed by atoms with Crippen LogP contribution in [0, 0.1) is 0 Å². The second-order valence-electron chi connectivity index (χ2n) is 5.56. The smallest absolute Gasteiger partial charge is 0.342 e. The molecule has 0 bridgehead atoms. The summed E-state index contributed by atoms with van der Waals surface area (Å²) in [7, 11) is -1.96. The molecule has 1 atom stereocenters. The number of anilines is 1. The van der Waals surface area contributed by atoms with Gasteiger partial charge in [-0.1, -0.05) is 12.1 Å². The topological polar surface area (TPSA) is 98.8 Å². The Morgan fingerprint density at radius 1 is 1.04 bits per heavy atom. The van der Waals surface area contributed by atoms with Crippen molar-refractivity contribution in [3.8, 4) is 5.75 Å². The predicted molar refractivity (Wildman–Crippen MR) is 97.1 cm³/mol. The largest absolute Gasteiger partial charge is 0.496 e. The lowest BCUT2D eigenvalue weighted by molar-refractivity contribution is 0.0316. The Hall–Kier alpha value is -2.87. The van der Waals surface area contributed by atoms with Gasteiger partial charge in [-0.3, -0.25) is 9.52 Å². The Balaban J connectivity index is 2.08. The number of hydrogen-bond acceptors (Lipinski definition) is 6. The van der Waals surface area contributed by atoms with Crippen LogP contribution in [0.3, 0.4) is 0 Å². The zero-order chi connectivity index (χ0) is 19.3. The van der Waals surface area contributed by atoms with E-state index in [2.05, 4.69) is 4.72 Å². The van der Waals surface area contributed by atoms with Crippen LogP contribution in [0.25, 0.3) is 0 Å². The summed E-state index contributed by atoms with van der Waals surface area (Å²) in [5.41, 5.74) is 0.856. The number of ether oxygens (including phenoxy) is 2. The first-order chi connectivity index (χ1) is 12.2. The number of carbonyl (C=O) groups is 2. The Bertz CT molecular complexity index is 906. The fourth-order valence-corrected chi connectivity index (χ4v) is 2.81. The number of nitrogens with one attached hydrogen (secondary N) is 1. The molecule has 0 spiro atoms. The fraction of sp³-hybridized carbons (Fsp3) is 0.222. The third-order valence-corrected chi connectivity index (χ3v) is 4.06. The SMILES string of the molecule is COc1ccccc1C(=O)O[C@@H](C)C(=O)c1ccc(NS(C)(=O)=O)cc1. The Labute approximate surface area is 152 Å². The van der Waals surface area contributed by atoms with Crippen LogP contribution in [0.1, 0.15) is 27.6 Å². The second-order valence-corrected chi connectivity index (χ2v) is 7.31.